The second-order valence-corrected chi connectivity index (χ2v) is 6.83. The molecule has 0 fully saturated rings. The van der Waals surface area contributed by atoms with E-state index in [1.54, 1.807) is 26.4 Å². The summed E-state index contributed by atoms with van der Waals surface area (Å²) >= 11 is 0. The maximum absolute atomic E-state index is 13.6. The van der Waals surface area contributed by atoms with Crippen molar-refractivity contribution < 1.29 is 14.3 Å². The first-order valence-corrected chi connectivity index (χ1v) is 9.74. The van der Waals surface area contributed by atoms with Crippen LogP contribution in [-0.4, -0.2) is 20.0 Å². The van der Waals surface area contributed by atoms with Gasteiger partial charge in [0.1, 0.15) is 11.5 Å². The van der Waals surface area contributed by atoms with Crippen molar-refractivity contribution in [2.45, 2.75) is 0 Å². The van der Waals surface area contributed by atoms with E-state index in [0.29, 0.717) is 22.6 Å². The van der Waals surface area contributed by atoms with Crippen molar-refractivity contribution in [2.24, 2.45) is 0 Å². The lowest BCUT2D eigenvalue weighted by Gasteiger charge is -2.16. The van der Waals surface area contributed by atoms with Crippen molar-refractivity contribution in [1.29, 1.82) is 0 Å². The highest BCUT2D eigenvalue weighted by Crippen LogP contribution is 2.38. The van der Waals surface area contributed by atoms with Gasteiger partial charge in [-0.1, -0.05) is 84.9 Å². The molecule has 0 radical (unpaired) electrons. The van der Waals surface area contributed by atoms with E-state index in [9.17, 15) is 4.79 Å². The zero-order valence-corrected chi connectivity index (χ0v) is 17.0. The third kappa shape index (κ3) is 3.58. The molecule has 0 aliphatic carbocycles. The molecule has 0 aliphatic rings. The molecule has 0 bridgehead atoms. The van der Waals surface area contributed by atoms with E-state index in [2.05, 4.69) is 0 Å². The van der Waals surface area contributed by atoms with Gasteiger partial charge in [0, 0.05) is 11.1 Å². The molecule has 0 amide bonds. The van der Waals surface area contributed by atoms with Crippen molar-refractivity contribution in [2.75, 3.05) is 14.2 Å². The van der Waals surface area contributed by atoms with Gasteiger partial charge in [-0.2, -0.15) is 0 Å². The van der Waals surface area contributed by atoms with Gasteiger partial charge in [0.25, 0.3) is 0 Å². The van der Waals surface area contributed by atoms with Crippen LogP contribution in [0.1, 0.15) is 15.9 Å². The number of carbonyl (C=O) groups is 1. The summed E-state index contributed by atoms with van der Waals surface area (Å²) in [4.78, 5) is 13.6. The first-order valence-electron chi connectivity index (χ1n) is 9.74. The maximum atomic E-state index is 13.6. The van der Waals surface area contributed by atoms with E-state index in [1.165, 1.54) is 0 Å². The first-order chi connectivity index (χ1) is 14.7. The predicted octanol–water partition coefficient (Wildman–Crippen LogP) is 6.27. The van der Waals surface area contributed by atoms with Crippen LogP contribution in [0.5, 0.6) is 11.5 Å². The number of benzene rings is 4. The number of hydrogen-bond acceptors (Lipinski definition) is 3. The Morgan fingerprint density at radius 1 is 0.533 bits per heavy atom. The Bertz CT molecular complexity index is 1070. The molecule has 30 heavy (non-hydrogen) atoms. The fraction of sp³-hybridized carbons (Fsp3) is 0.0741. The van der Waals surface area contributed by atoms with E-state index in [1.807, 2.05) is 84.9 Å². The fourth-order valence-electron chi connectivity index (χ4n) is 3.71. The van der Waals surface area contributed by atoms with Crippen LogP contribution in [0.25, 0.3) is 22.3 Å². The van der Waals surface area contributed by atoms with E-state index >= 15 is 0 Å². The molecule has 0 atom stereocenters. The van der Waals surface area contributed by atoms with Crippen LogP contribution in [0.15, 0.2) is 97.1 Å². The summed E-state index contributed by atoms with van der Waals surface area (Å²) in [6.45, 7) is 0. The van der Waals surface area contributed by atoms with Crippen LogP contribution in [-0.2, 0) is 0 Å². The minimum absolute atomic E-state index is 0.140. The molecule has 0 saturated carbocycles. The normalized spacial score (nSPS) is 10.5. The van der Waals surface area contributed by atoms with Gasteiger partial charge in [0.2, 0.25) is 5.78 Å². The minimum Gasteiger partial charge on any atom is -0.495 e. The van der Waals surface area contributed by atoms with Crippen molar-refractivity contribution in [3.63, 3.8) is 0 Å². The summed E-state index contributed by atoms with van der Waals surface area (Å²) < 4.78 is 11.4. The van der Waals surface area contributed by atoms with Crippen LogP contribution >= 0.6 is 0 Å². The Balaban J connectivity index is 1.85. The summed E-state index contributed by atoms with van der Waals surface area (Å²) in [6.07, 6.45) is 0. The van der Waals surface area contributed by atoms with Crippen molar-refractivity contribution in [3.8, 4) is 33.8 Å². The van der Waals surface area contributed by atoms with Crippen LogP contribution < -0.4 is 9.47 Å². The molecule has 0 aromatic heterocycles. The molecular formula is C27H22O3. The lowest BCUT2D eigenvalue weighted by molar-refractivity contribution is 0.103. The highest BCUT2D eigenvalue weighted by atomic mass is 16.5. The second-order valence-electron chi connectivity index (χ2n) is 6.83. The Kier molecular flexibility index (Phi) is 5.62. The highest BCUT2D eigenvalue weighted by Gasteiger charge is 2.22. The summed E-state index contributed by atoms with van der Waals surface area (Å²) in [7, 11) is 3.19. The smallest absolute Gasteiger partial charge is 0.200 e. The highest BCUT2D eigenvalue weighted by molar-refractivity contribution is 6.14. The summed E-state index contributed by atoms with van der Waals surface area (Å²) in [6, 6.07) is 31.1. The van der Waals surface area contributed by atoms with Gasteiger partial charge >= 0.3 is 0 Å². The van der Waals surface area contributed by atoms with Gasteiger partial charge < -0.3 is 9.47 Å². The molecule has 3 nitrogen and oxygen atoms in total. The molecule has 0 N–H and O–H groups in total. The zero-order valence-electron chi connectivity index (χ0n) is 17.0. The first kappa shape index (κ1) is 19.5. The third-order valence-corrected chi connectivity index (χ3v) is 5.10. The van der Waals surface area contributed by atoms with Crippen molar-refractivity contribution >= 4 is 5.78 Å². The Morgan fingerprint density at radius 3 is 1.30 bits per heavy atom. The molecule has 4 rings (SSSR count). The lowest BCUT2D eigenvalue weighted by Crippen LogP contribution is -2.07. The van der Waals surface area contributed by atoms with E-state index in [-0.39, 0.29) is 5.78 Å². The number of hydrogen-bond donors (Lipinski definition) is 0. The molecule has 4 aromatic carbocycles. The quantitative estimate of drug-likeness (QED) is 0.362. The number of ether oxygens (including phenoxy) is 2. The molecule has 0 spiro atoms. The van der Waals surface area contributed by atoms with Gasteiger partial charge in [-0.05, 0) is 23.3 Å². The second kappa shape index (κ2) is 8.66. The lowest BCUT2D eigenvalue weighted by atomic mass is 9.93. The number of para-hydroxylation sites is 2. The van der Waals surface area contributed by atoms with Gasteiger partial charge in [-0.25, -0.2) is 0 Å². The van der Waals surface area contributed by atoms with Crippen LogP contribution in [0.4, 0.5) is 0 Å². The number of rotatable bonds is 6. The average molecular weight is 394 g/mol. The maximum Gasteiger partial charge on any atom is 0.200 e. The van der Waals surface area contributed by atoms with Crippen LogP contribution in [0.3, 0.4) is 0 Å². The molecular weight excluding hydrogens is 372 g/mol. The molecule has 0 unspecified atom stereocenters. The zero-order chi connectivity index (χ0) is 20.9. The number of ketones is 1. The van der Waals surface area contributed by atoms with Crippen LogP contribution in [0, 0.1) is 0 Å². The summed E-state index contributed by atoms with van der Waals surface area (Å²) in [5.74, 6) is 0.973. The van der Waals surface area contributed by atoms with E-state index in [0.717, 1.165) is 22.3 Å². The molecule has 3 heteroatoms. The average Bonchev–Trinajstić information content (AvgIpc) is 2.83. The Labute approximate surface area is 176 Å². The molecule has 4 aromatic rings. The number of methoxy groups -OCH3 is 2. The van der Waals surface area contributed by atoms with Crippen molar-refractivity contribution in [3.05, 3.63) is 108 Å². The monoisotopic (exact) mass is 394 g/mol. The molecule has 0 saturated heterocycles. The molecule has 0 aliphatic heterocycles. The summed E-state index contributed by atoms with van der Waals surface area (Å²) in [5, 5.41) is 0. The minimum atomic E-state index is -0.140. The van der Waals surface area contributed by atoms with Crippen molar-refractivity contribution in [1.82, 2.24) is 0 Å². The van der Waals surface area contributed by atoms with Gasteiger partial charge in [-0.15, -0.1) is 0 Å². The van der Waals surface area contributed by atoms with Gasteiger partial charge in [0.15, 0.2) is 0 Å². The number of carbonyl (C=O) groups excluding carboxylic acids is 1. The summed E-state index contributed by atoms with van der Waals surface area (Å²) in [5.41, 5.74) is 4.75. The Hall–Kier alpha value is -3.85. The Morgan fingerprint density at radius 2 is 0.933 bits per heavy atom. The topological polar surface area (TPSA) is 35.5 Å². The standard InChI is InChI=1S/C27H22O3/c1-29-26-21(19-11-5-3-6-12-19)15-9-17-23(26)25(28)24-18-10-16-22(27(24)30-2)20-13-7-4-8-14-20/h3-18H,1-2H3. The van der Waals surface area contributed by atoms with Crippen LogP contribution in [0.2, 0.25) is 0 Å². The van der Waals surface area contributed by atoms with E-state index in [4.69, 9.17) is 9.47 Å². The van der Waals surface area contributed by atoms with Gasteiger partial charge in [0.05, 0.1) is 25.3 Å². The third-order valence-electron chi connectivity index (χ3n) is 5.10. The molecule has 0 heterocycles. The fourth-order valence-corrected chi connectivity index (χ4v) is 3.71. The van der Waals surface area contributed by atoms with Gasteiger partial charge in [-0.3, -0.25) is 4.79 Å². The largest absolute Gasteiger partial charge is 0.495 e. The SMILES string of the molecule is COc1c(C(=O)c2cccc(-c3ccccc3)c2OC)cccc1-c1ccccc1. The van der Waals surface area contributed by atoms with E-state index < -0.39 is 0 Å². The predicted molar refractivity (Wildman–Crippen MR) is 120 cm³/mol. The molecule has 148 valence electrons.